The minimum absolute atomic E-state index is 0.0395. The second-order valence-corrected chi connectivity index (χ2v) is 9.32. The third-order valence-corrected chi connectivity index (χ3v) is 7.00. The lowest BCUT2D eigenvalue weighted by molar-refractivity contribution is -0.232. The summed E-state index contributed by atoms with van der Waals surface area (Å²) in [5.74, 6) is -0.238. The van der Waals surface area contributed by atoms with Gasteiger partial charge in [-0.2, -0.15) is 18.3 Å². The molecule has 2 aromatic heterocycles. The van der Waals surface area contributed by atoms with E-state index in [0.29, 0.717) is 42.2 Å². The summed E-state index contributed by atoms with van der Waals surface area (Å²) in [6.45, 7) is -0.0666. The molecule has 3 fully saturated rings. The molecule has 2 N–H and O–H groups in total. The summed E-state index contributed by atoms with van der Waals surface area (Å²) in [5, 5.41) is 9.26. The van der Waals surface area contributed by atoms with Crippen molar-refractivity contribution in [1.82, 2.24) is 25.4 Å². The highest BCUT2D eigenvalue weighted by atomic mass is 19.4. The van der Waals surface area contributed by atoms with Crippen molar-refractivity contribution in [3.05, 3.63) is 29.8 Å². The molecule has 4 atom stereocenters. The van der Waals surface area contributed by atoms with Gasteiger partial charge in [-0.05, 0) is 51.0 Å². The molecule has 13 heteroatoms. The Morgan fingerprint density at radius 1 is 1.19 bits per heavy atom. The van der Waals surface area contributed by atoms with Crippen LogP contribution in [0.2, 0.25) is 0 Å². The number of ether oxygens (including phenoxy) is 2. The Morgan fingerprint density at radius 3 is 2.51 bits per heavy atom. The number of rotatable bonds is 5. The minimum atomic E-state index is -4.29. The number of hydrogen-bond donors (Lipinski definition) is 2. The summed E-state index contributed by atoms with van der Waals surface area (Å²) in [6.07, 6.45) is 1.31. The number of fused-ring (bicyclic) bond motifs is 2. The van der Waals surface area contributed by atoms with Crippen molar-refractivity contribution >= 4 is 12.3 Å². The number of hydrogen-bond acceptors (Lipinski definition) is 6. The molecule has 3 unspecified atom stereocenters. The first-order valence-electron chi connectivity index (χ1n) is 12.2. The van der Waals surface area contributed by atoms with Crippen molar-refractivity contribution in [1.29, 1.82) is 0 Å². The van der Waals surface area contributed by atoms with Crippen LogP contribution in [0.5, 0.6) is 5.88 Å². The second-order valence-electron chi connectivity index (χ2n) is 9.32. The van der Waals surface area contributed by atoms with Crippen molar-refractivity contribution in [2.45, 2.75) is 75.4 Å². The maximum Gasteiger partial charge on any atom is 0.414 e. The molecular formula is C24H29F4N5O4. The fourth-order valence-corrected chi connectivity index (χ4v) is 5.12. The second kappa shape index (κ2) is 11.4. The highest BCUT2D eigenvalue weighted by Gasteiger charge is 2.43. The number of aromatic nitrogens is 3. The maximum atomic E-state index is 14.0. The van der Waals surface area contributed by atoms with Crippen molar-refractivity contribution in [3.8, 4) is 17.1 Å². The Balaban J connectivity index is 0.000000209. The maximum absolute atomic E-state index is 14.0. The average molecular weight is 528 g/mol. The number of H-pyrrole nitrogens is 1. The molecule has 3 aliphatic rings. The summed E-state index contributed by atoms with van der Waals surface area (Å²) >= 11 is 0. The Morgan fingerprint density at radius 2 is 1.92 bits per heavy atom. The highest BCUT2D eigenvalue weighted by molar-refractivity contribution is 5.94. The SMILES string of the molecule is COc1cc(-c2cc(C(=O)N3C4CCC[C@@H]3CC4)[nH]n2)c(F)cn1.O=CNC1CCC(C(F)(F)F)OC1. The number of nitrogens with zero attached hydrogens (tertiary/aromatic N) is 3. The lowest BCUT2D eigenvalue weighted by atomic mass is 10.0. The van der Waals surface area contributed by atoms with Gasteiger partial charge in [0.1, 0.15) is 5.69 Å². The highest BCUT2D eigenvalue weighted by Crippen LogP contribution is 2.36. The molecule has 5 heterocycles. The lowest BCUT2D eigenvalue weighted by Gasteiger charge is -2.34. The lowest BCUT2D eigenvalue weighted by Crippen LogP contribution is -2.44. The van der Waals surface area contributed by atoms with Gasteiger partial charge < -0.3 is 19.7 Å². The zero-order chi connectivity index (χ0) is 26.6. The number of amides is 2. The van der Waals surface area contributed by atoms with E-state index in [4.69, 9.17) is 4.74 Å². The first-order chi connectivity index (χ1) is 17.7. The smallest absolute Gasteiger partial charge is 0.414 e. The van der Waals surface area contributed by atoms with E-state index in [1.165, 1.54) is 19.6 Å². The standard InChI is InChI=1S/C17H19FN4O2.C7H10F3NO2/c1-24-16-7-12(13(18)9-19-16)14-8-15(21-20-14)17(23)22-10-3-2-4-11(22)6-5-10;8-7(9,10)6-2-1-5(3-13-6)11-4-12/h7-11H,2-6H2,1H3,(H,20,21);4-6H,1-3H2,(H,11,12)/t10-,11?;/m1./s1. The van der Waals surface area contributed by atoms with Crippen LogP contribution in [0.15, 0.2) is 18.3 Å². The van der Waals surface area contributed by atoms with E-state index in [1.54, 1.807) is 6.07 Å². The first kappa shape index (κ1) is 26.8. The van der Waals surface area contributed by atoms with Crippen molar-refractivity contribution in [3.63, 3.8) is 0 Å². The molecular weight excluding hydrogens is 498 g/mol. The molecule has 9 nitrogen and oxygen atoms in total. The Labute approximate surface area is 210 Å². The first-order valence-corrected chi connectivity index (χ1v) is 12.2. The largest absolute Gasteiger partial charge is 0.481 e. The number of halogens is 4. The Bertz CT molecular complexity index is 1070. The summed E-state index contributed by atoms with van der Waals surface area (Å²) in [5.41, 5.74) is 1.04. The number of piperidine rings is 1. The molecule has 2 aromatic rings. The molecule has 0 aliphatic carbocycles. The number of pyridine rings is 1. The normalized spacial score (nSPS) is 25.2. The van der Waals surface area contributed by atoms with Gasteiger partial charge in [-0.15, -0.1) is 0 Å². The van der Waals surface area contributed by atoms with Crippen LogP contribution in [0, 0.1) is 5.82 Å². The van der Waals surface area contributed by atoms with E-state index in [-0.39, 0.29) is 30.5 Å². The van der Waals surface area contributed by atoms with Crippen molar-refractivity contribution in [2.24, 2.45) is 0 Å². The van der Waals surface area contributed by atoms with Crippen LogP contribution >= 0.6 is 0 Å². The van der Waals surface area contributed by atoms with Crippen LogP contribution in [0.1, 0.15) is 55.4 Å². The predicted molar refractivity (Wildman–Crippen MR) is 123 cm³/mol. The zero-order valence-corrected chi connectivity index (χ0v) is 20.3. The molecule has 37 heavy (non-hydrogen) atoms. The summed E-state index contributed by atoms with van der Waals surface area (Å²) in [6, 6.07) is 3.47. The fraction of sp³-hybridized carbons (Fsp3) is 0.583. The van der Waals surface area contributed by atoms with E-state index >= 15 is 0 Å². The van der Waals surface area contributed by atoms with Gasteiger partial charge in [-0.3, -0.25) is 14.7 Å². The van der Waals surface area contributed by atoms with Crippen LogP contribution in [0.4, 0.5) is 17.6 Å². The number of carbonyl (C=O) groups excluding carboxylic acids is 2. The number of aromatic amines is 1. The summed E-state index contributed by atoms with van der Waals surface area (Å²) < 4.78 is 59.7. The van der Waals surface area contributed by atoms with Gasteiger partial charge in [0.25, 0.3) is 5.91 Å². The zero-order valence-electron chi connectivity index (χ0n) is 20.3. The van der Waals surface area contributed by atoms with Gasteiger partial charge in [-0.25, -0.2) is 9.37 Å². The van der Waals surface area contributed by atoms with Gasteiger partial charge in [-0.1, -0.05) is 0 Å². The molecule has 0 aromatic carbocycles. The molecule has 5 rings (SSSR count). The van der Waals surface area contributed by atoms with Gasteiger partial charge in [0, 0.05) is 23.7 Å². The minimum Gasteiger partial charge on any atom is -0.481 e. The molecule has 0 spiro atoms. The quantitative estimate of drug-likeness (QED) is 0.454. The van der Waals surface area contributed by atoms with Gasteiger partial charge >= 0.3 is 6.18 Å². The molecule has 0 saturated carbocycles. The molecule has 3 aliphatic heterocycles. The van der Waals surface area contributed by atoms with Gasteiger partial charge in [0.05, 0.1) is 31.6 Å². The van der Waals surface area contributed by atoms with E-state index in [2.05, 4.69) is 25.2 Å². The van der Waals surface area contributed by atoms with Crippen LogP contribution in [-0.2, 0) is 9.53 Å². The van der Waals surface area contributed by atoms with Crippen LogP contribution in [-0.4, -0.2) is 76.5 Å². The monoisotopic (exact) mass is 527 g/mol. The van der Waals surface area contributed by atoms with Crippen LogP contribution in [0.3, 0.4) is 0 Å². The molecule has 0 radical (unpaired) electrons. The topological polar surface area (TPSA) is 109 Å². The van der Waals surface area contributed by atoms with E-state index < -0.39 is 18.1 Å². The summed E-state index contributed by atoms with van der Waals surface area (Å²) in [4.78, 5) is 28.6. The third-order valence-electron chi connectivity index (χ3n) is 7.00. The van der Waals surface area contributed by atoms with E-state index in [1.807, 2.05) is 4.90 Å². The molecule has 202 valence electrons. The van der Waals surface area contributed by atoms with Crippen LogP contribution in [0.25, 0.3) is 11.3 Å². The number of alkyl halides is 3. The average Bonchev–Trinajstić information content (AvgIpc) is 3.46. The number of carbonyl (C=O) groups is 2. The third kappa shape index (κ3) is 6.20. The Hall–Kier alpha value is -3.22. The number of methoxy groups -OCH3 is 1. The number of nitrogens with one attached hydrogen (secondary N) is 2. The van der Waals surface area contributed by atoms with Gasteiger partial charge in [0.15, 0.2) is 11.9 Å². The molecule has 3 saturated heterocycles. The summed E-state index contributed by atoms with van der Waals surface area (Å²) in [7, 11) is 1.47. The molecule has 2 amide bonds. The van der Waals surface area contributed by atoms with Crippen molar-refractivity contribution < 1.29 is 36.6 Å². The fourth-order valence-electron chi connectivity index (χ4n) is 5.12. The predicted octanol–water partition coefficient (Wildman–Crippen LogP) is 3.62. The van der Waals surface area contributed by atoms with E-state index in [9.17, 15) is 27.2 Å². The van der Waals surface area contributed by atoms with Crippen LogP contribution < -0.4 is 10.1 Å². The van der Waals surface area contributed by atoms with E-state index in [0.717, 1.165) is 31.9 Å². The molecule has 2 bridgehead atoms. The van der Waals surface area contributed by atoms with Gasteiger partial charge in [0.2, 0.25) is 12.3 Å². The van der Waals surface area contributed by atoms with Crippen molar-refractivity contribution in [2.75, 3.05) is 13.7 Å². The Kier molecular flexibility index (Phi) is 8.30.